The van der Waals surface area contributed by atoms with Gasteiger partial charge >= 0.3 is 6.18 Å². The van der Waals surface area contributed by atoms with E-state index in [1.807, 2.05) is 4.90 Å². The highest BCUT2D eigenvalue weighted by atomic mass is 32.2. The molecule has 2 heterocycles. The Labute approximate surface area is 227 Å². The van der Waals surface area contributed by atoms with E-state index in [9.17, 15) is 35.9 Å². The van der Waals surface area contributed by atoms with E-state index in [1.165, 1.54) is 70.7 Å². The fourth-order valence-corrected chi connectivity index (χ4v) is 7.08. The zero-order valence-corrected chi connectivity index (χ0v) is 22.7. The van der Waals surface area contributed by atoms with Gasteiger partial charge in [0, 0.05) is 44.5 Å². The Morgan fingerprint density at radius 1 is 1.08 bits per heavy atom. The number of amides is 1. The van der Waals surface area contributed by atoms with Gasteiger partial charge in [0.2, 0.25) is 5.91 Å². The van der Waals surface area contributed by atoms with Gasteiger partial charge in [-0.25, -0.2) is 12.8 Å². The van der Waals surface area contributed by atoms with E-state index in [0.29, 0.717) is 18.3 Å². The molecule has 0 unspecified atom stereocenters. The molecular formula is C26H27F4N3O4S2. The van der Waals surface area contributed by atoms with Crippen molar-refractivity contribution in [1.29, 1.82) is 0 Å². The topological polar surface area (TPSA) is 81.2 Å². The van der Waals surface area contributed by atoms with Crippen LogP contribution in [-0.2, 0) is 20.4 Å². The number of carbonyl (C=O) groups excluding carboxylic acids is 1. The van der Waals surface area contributed by atoms with Gasteiger partial charge in [-0.1, -0.05) is 18.2 Å². The summed E-state index contributed by atoms with van der Waals surface area (Å²) in [7, 11) is -3.81. The number of halogens is 4. The minimum absolute atomic E-state index is 0.00672. The predicted octanol–water partition coefficient (Wildman–Crippen LogP) is 4.59. The van der Waals surface area contributed by atoms with Gasteiger partial charge in [0.05, 0.1) is 6.04 Å². The molecule has 1 aliphatic heterocycles. The fourth-order valence-electron chi connectivity index (χ4n) is 4.47. The molecule has 1 fully saturated rings. The zero-order valence-electron chi connectivity index (χ0n) is 21.1. The van der Waals surface area contributed by atoms with Crippen LogP contribution < -0.4 is 9.80 Å². The molecule has 0 bridgehead atoms. The highest BCUT2D eigenvalue weighted by molar-refractivity contribution is 7.91. The minimum atomic E-state index is -4.88. The number of benzene rings is 2. The second kappa shape index (κ2) is 10.9. The standard InChI is InChI=1S/C26H27F4N3O4S2/c1-18(34)33(22-11-7-20(27)8-12-22)17-23-16-31(39(36,37)24-4-3-15-38-24)13-14-32(23)21-9-5-19(6-10-21)25(2,35)26(28,29)30/h3-12,15,23,35H,13-14,16-17H2,1-2H3/t23-,25+/m1/s1. The van der Waals surface area contributed by atoms with Crippen LogP contribution in [0.3, 0.4) is 0 Å². The smallest absolute Gasteiger partial charge is 0.376 e. The van der Waals surface area contributed by atoms with E-state index >= 15 is 0 Å². The molecule has 4 rings (SSSR count). The van der Waals surface area contributed by atoms with Crippen molar-refractivity contribution < 1.29 is 35.9 Å². The SMILES string of the molecule is CC(=O)N(C[C@H]1CN(S(=O)(=O)c2cccs2)CCN1c1ccc([C@](C)(O)C(F)(F)F)cc1)c1ccc(F)cc1. The van der Waals surface area contributed by atoms with Crippen molar-refractivity contribution in [2.45, 2.75) is 35.9 Å². The van der Waals surface area contributed by atoms with Crippen molar-refractivity contribution in [1.82, 2.24) is 4.31 Å². The van der Waals surface area contributed by atoms with Crippen molar-refractivity contribution in [3.05, 3.63) is 77.4 Å². The van der Waals surface area contributed by atoms with Gasteiger partial charge in [-0.05, 0) is 60.3 Å². The van der Waals surface area contributed by atoms with Crippen LogP contribution in [0.25, 0.3) is 0 Å². The van der Waals surface area contributed by atoms with Crippen LogP contribution in [0.5, 0.6) is 0 Å². The number of rotatable bonds is 7. The quantitative estimate of drug-likeness (QED) is 0.411. The normalized spacial score (nSPS) is 18.5. The van der Waals surface area contributed by atoms with Crippen LogP contribution in [0.2, 0.25) is 0 Å². The van der Waals surface area contributed by atoms with E-state index in [1.54, 1.807) is 11.4 Å². The Morgan fingerprint density at radius 2 is 1.72 bits per heavy atom. The molecule has 2 atom stereocenters. The zero-order chi connectivity index (χ0) is 28.6. The molecule has 0 spiro atoms. The molecule has 0 saturated carbocycles. The predicted molar refractivity (Wildman–Crippen MR) is 141 cm³/mol. The lowest BCUT2D eigenvalue weighted by atomic mass is 9.95. The number of hydrogen-bond donors (Lipinski definition) is 1. The number of piperazine rings is 1. The van der Waals surface area contributed by atoms with Crippen molar-refractivity contribution in [2.24, 2.45) is 0 Å². The van der Waals surface area contributed by atoms with Crippen LogP contribution in [0.4, 0.5) is 28.9 Å². The first-order valence-corrected chi connectivity index (χ1v) is 14.3. The van der Waals surface area contributed by atoms with Crippen LogP contribution in [-0.4, -0.2) is 62.1 Å². The lowest BCUT2D eigenvalue weighted by molar-refractivity contribution is -0.258. The molecule has 1 amide bonds. The van der Waals surface area contributed by atoms with Gasteiger partial charge in [-0.2, -0.15) is 17.5 Å². The Bertz CT molecular complexity index is 1390. The number of anilines is 2. The number of hydrogen-bond acceptors (Lipinski definition) is 6. The third-order valence-electron chi connectivity index (χ3n) is 6.76. The van der Waals surface area contributed by atoms with Crippen LogP contribution in [0, 0.1) is 5.82 Å². The molecular weight excluding hydrogens is 558 g/mol. The van der Waals surface area contributed by atoms with E-state index in [-0.39, 0.29) is 41.9 Å². The lowest BCUT2D eigenvalue weighted by Crippen LogP contribution is -2.58. The maximum Gasteiger partial charge on any atom is 0.421 e. The number of nitrogens with zero attached hydrogens (tertiary/aromatic N) is 3. The molecule has 210 valence electrons. The van der Waals surface area contributed by atoms with Crippen molar-refractivity contribution in [2.75, 3.05) is 36.0 Å². The third kappa shape index (κ3) is 5.96. The van der Waals surface area contributed by atoms with Gasteiger partial charge in [0.15, 0.2) is 5.60 Å². The maximum atomic E-state index is 13.5. The Morgan fingerprint density at radius 3 is 2.26 bits per heavy atom. The van der Waals surface area contributed by atoms with E-state index in [4.69, 9.17) is 0 Å². The van der Waals surface area contributed by atoms with Gasteiger partial charge in [-0.3, -0.25) is 4.79 Å². The van der Waals surface area contributed by atoms with E-state index < -0.39 is 33.7 Å². The molecule has 3 aromatic rings. The molecule has 0 radical (unpaired) electrons. The van der Waals surface area contributed by atoms with Gasteiger partial charge in [0.25, 0.3) is 10.0 Å². The van der Waals surface area contributed by atoms with E-state index in [2.05, 4.69) is 0 Å². The lowest BCUT2D eigenvalue weighted by Gasteiger charge is -2.44. The summed E-state index contributed by atoms with van der Waals surface area (Å²) in [6.45, 7) is 2.33. The molecule has 1 aliphatic rings. The van der Waals surface area contributed by atoms with Gasteiger partial charge in [-0.15, -0.1) is 11.3 Å². The summed E-state index contributed by atoms with van der Waals surface area (Å²) < 4.78 is 81.6. The fraction of sp³-hybridized carbons (Fsp3) is 0.346. The molecule has 13 heteroatoms. The summed E-state index contributed by atoms with van der Waals surface area (Å²) in [4.78, 5) is 15.8. The first-order chi connectivity index (χ1) is 18.2. The van der Waals surface area contributed by atoms with Crippen LogP contribution in [0.1, 0.15) is 19.4 Å². The average molecular weight is 586 g/mol. The Kier molecular flexibility index (Phi) is 8.08. The summed E-state index contributed by atoms with van der Waals surface area (Å²) in [5.41, 5.74) is -2.48. The number of aliphatic hydroxyl groups is 1. The highest BCUT2D eigenvalue weighted by Crippen LogP contribution is 2.39. The van der Waals surface area contributed by atoms with Crippen LogP contribution >= 0.6 is 11.3 Å². The largest absolute Gasteiger partial charge is 0.421 e. The van der Waals surface area contributed by atoms with Gasteiger partial charge < -0.3 is 14.9 Å². The van der Waals surface area contributed by atoms with Crippen molar-refractivity contribution >= 4 is 38.6 Å². The Balaban J connectivity index is 1.68. The Hall–Kier alpha value is -3.00. The summed E-state index contributed by atoms with van der Waals surface area (Å²) in [5.74, 6) is -0.832. The first kappa shape index (κ1) is 29.0. The number of thiophene rings is 1. The average Bonchev–Trinajstić information content (AvgIpc) is 3.43. The third-order valence-corrected chi connectivity index (χ3v) is 10.00. The van der Waals surface area contributed by atoms with E-state index in [0.717, 1.165) is 11.3 Å². The minimum Gasteiger partial charge on any atom is -0.376 e. The van der Waals surface area contributed by atoms with Crippen molar-refractivity contribution in [3.8, 4) is 0 Å². The van der Waals surface area contributed by atoms with Crippen LogP contribution in [0.15, 0.2) is 70.3 Å². The molecule has 39 heavy (non-hydrogen) atoms. The summed E-state index contributed by atoms with van der Waals surface area (Å²) in [6.07, 6.45) is -4.88. The molecule has 7 nitrogen and oxygen atoms in total. The van der Waals surface area contributed by atoms with Gasteiger partial charge in [0.1, 0.15) is 10.0 Å². The summed E-state index contributed by atoms with van der Waals surface area (Å²) in [6, 6.07) is 13.1. The molecule has 2 aromatic carbocycles. The second-order valence-corrected chi connectivity index (χ2v) is 12.5. The summed E-state index contributed by atoms with van der Waals surface area (Å²) in [5, 5.41) is 11.7. The molecule has 0 aliphatic carbocycles. The first-order valence-electron chi connectivity index (χ1n) is 12.0. The number of carbonyl (C=O) groups is 1. The number of sulfonamides is 1. The highest BCUT2D eigenvalue weighted by Gasteiger charge is 2.51. The maximum absolute atomic E-state index is 13.5. The monoisotopic (exact) mass is 585 g/mol. The number of alkyl halides is 3. The summed E-state index contributed by atoms with van der Waals surface area (Å²) >= 11 is 1.09. The van der Waals surface area contributed by atoms with Crippen molar-refractivity contribution in [3.63, 3.8) is 0 Å². The second-order valence-electron chi connectivity index (χ2n) is 9.37. The molecule has 1 N–H and O–H groups in total. The molecule has 1 aromatic heterocycles. The molecule has 1 saturated heterocycles.